The van der Waals surface area contributed by atoms with Gasteiger partial charge in [0.05, 0.1) is 5.52 Å². The number of fused-ring (bicyclic) bond motifs is 1. The van der Waals surface area contributed by atoms with Crippen LogP contribution in [0.5, 0.6) is 0 Å². The lowest BCUT2D eigenvalue weighted by molar-refractivity contribution is 0.197. The number of nitrogens with zero attached hydrogens (tertiary/aromatic N) is 1. The lowest BCUT2D eigenvalue weighted by atomic mass is 10.2. The summed E-state index contributed by atoms with van der Waals surface area (Å²) < 4.78 is 15.0. The Labute approximate surface area is 92.3 Å². The van der Waals surface area contributed by atoms with Crippen LogP contribution in [0.3, 0.4) is 0 Å². The number of aromatic nitrogens is 1. The van der Waals surface area contributed by atoms with Crippen LogP contribution in [0.1, 0.15) is 0 Å². The number of benzene rings is 1. The number of hydrogen-bond donors (Lipinski definition) is 1. The van der Waals surface area contributed by atoms with E-state index < -0.39 is 11.9 Å². The lowest BCUT2D eigenvalue weighted by Crippen LogP contribution is -2.06. The maximum atomic E-state index is 13.4. The van der Waals surface area contributed by atoms with Gasteiger partial charge < -0.3 is 5.11 Å². The molecule has 2 rings (SSSR count). The monoisotopic (exact) mass is 305 g/mol. The zero-order valence-electron chi connectivity index (χ0n) is 6.87. The topological polar surface area (TPSA) is 42.2 Å². The van der Waals surface area contributed by atoms with Crippen molar-refractivity contribution in [2.24, 2.45) is 0 Å². The van der Waals surface area contributed by atoms with Crippen LogP contribution in [0.4, 0.5) is 9.18 Å². The minimum atomic E-state index is -1.18. The summed E-state index contributed by atoms with van der Waals surface area (Å²) in [6.45, 7) is 0. The van der Waals surface area contributed by atoms with E-state index in [0.29, 0.717) is 5.39 Å². The van der Waals surface area contributed by atoms with Gasteiger partial charge in [-0.15, -0.1) is 0 Å². The highest BCUT2D eigenvalue weighted by Crippen LogP contribution is 2.22. The predicted octanol–water partition coefficient (Wildman–Crippen LogP) is 2.91. The molecule has 0 aliphatic rings. The van der Waals surface area contributed by atoms with Gasteiger partial charge in [0.1, 0.15) is 5.82 Å². The smallest absolute Gasteiger partial charge is 0.416 e. The number of carboxylic acid groups (broad SMARTS) is 1. The first kappa shape index (κ1) is 9.45. The minimum Gasteiger partial charge on any atom is -0.464 e. The summed E-state index contributed by atoms with van der Waals surface area (Å²) >= 11 is 1.98. The van der Waals surface area contributed by atoms with Crippen molar-refractivity contribution < 1.29 is 14.3 Å². The van der Waals surface area contributed by atoms with Crippen molar-refractivity contribution in [1.82, 2.24) is 4.57 Å². The Balaban J connectivity index is 2.85. The Morgan fingerprint density at radius 1 is 1.50 bits per heavy atom. The maximum Gasteiger partial charge on any atom is 0.416 e. The van der Waals surface area contributed by atoms with Gasteiger partial charge in [-0.05, 0) is 40.8 Å². The van der Waals surface area contributed by atoms with Gasteiger partial charge in [-0.3, -0.25) is 0 Å². The first-order valence-electron chi connectivity index (χ1n) is 3.79. The third-order valence-electron chi connectivity index (χ3n) is 1.91. The molecule has 5 heteroatoms. The first-order valence-corrected chi connectivity index (χ1v) is 4.87. The Morgan fingerprint density at radius 2 is 2.21 bits per heavy atom. The molecular formula is C9H5FINO2. The van der Waals surface area contributed by atoms with E-state index >= 15 is 0 Å². The SMILES string of the molecule is O=C(O)n1ccc2cc(I)cc(F)c21. The van der Waals surface area contributed by atoms with Crippen molar-refractivity contribution in [3.63, 3.8) is 0 Å². The largest absolute Gasteiger partial charge is 0.464 e. The summed E-state index contributed by atoms with van der Waals surface area (Å²) in [6.07, 6.45) is 0.159. The van der Waals surface area contributed by atoms with Crippen molar-refractivity contribution in [1.29, 1.82) is 0 Å². The highest BCUT2D eigenvalue weighted by molar-refractivity contribution is 14.1. The molecule has 0 unspecified atom stereocenters. The molecule has 0 spiro atoms. The predicted molar refractivity (Wildman–Crippen MR) is 58.0 cm³/mol. The fourth-order valence-electron chi connectivity index (χ4n) is 1.36. The van der Waals surface area contributed by atoms with Crippen LogP contribution in [0.25, 0.3) is 10.9 Å². The van der Waals surface area contributed by atoms with Crippen molar-refractivity contribution in [2.75, 3.05) is 0 Å². The second-order valence-electron chi connectivity index (χ2n) is 2.79. The molecule has 1 aromatic heterocycles. The molecule has 0 aliphatic carbocycles. The van der Waals surface area contributed by atoms with E-state index in [4.69, 9.17) is 5.11 Å². The normalized spacial score (nSPS) is 10.7. The van der Waals surface area contributed by atoms with Gasteiger partial charge in [0.2, 0.25) is 0 Å². The highest BCUT2D eigenvalue weighted by Gasteiger charge is 2.11. The van der Waals surface area contributed by atoms with E-state index in [0.717, 1.165) is 8.14 Å². The number of rotatable bonds is 0. The molecule has 2 aromatic rings. The second kappa shape index (κ2) is 3.23. The van der Waals surface area contributed by atoms with Crippen LogP contribution in [-0.4, -0.2) is 15.8 Å². The van der Waals surface area contributed by atoms with Gasteiger partial charge in [-0.2, -0.15) is 0 Å². The minimum absolute atomic E-state index is 0.109. The van der Waals surface area contributed by atoms with E-state index in [9.17, 15) is 9.18 Å². The molecule has 72 valence electrons. The quantitative estimate of drug-likeness (QED) is 0.760. The van der Waals surface area contributed by atoms with Gasteiger partial charge >= 0.3 is 6.09 Å². The lowest BCUT2D eigenvalue weighted by Gasteiger charge is -1.99. The van der Waals surface area contributed by atoms with Gasteiger partial charge in [0.15, 0.2) is 0 Å². The molecule has 3 nitrogen and oxygen atoms in total. The van der Waals surface area contributed by atoms with Gasteiger partial charge in [-0.25, -0.2) is 13.8 Å². The van der Waals surface area contributed by atoms with Crippen molar-refractivity contribution in [3.8, 4) is 0 Å². The zero-order chi connectivity index (χ0) is 10.3. The fraction of sp³-hybridized carbons (Fsp3) is 0. The molecule has 0 bridgehead atoms. The average molecular weight is 305 g/mol. The zero-order valence-corrected chi connectivity index (χ0v) is 9.03. The summed E-state index contributed by atoms with van der Waals surface area (Å²) in [6, 6.07) is 4.62. The van der Waals surface area contributed by atoms with Crippen molar-refractivity contribution in [2.45, 2.75) is 0 Å². The van der Waals surface area contributed by atoms with Crippen molar-refractivity contribution >= 4 is 39.6 Å². The molecule has 0 saturated carbocycles. The highest BCUT2D eigenvalue weighted by atomic mass is 127. The summed E-state index contributed by atoms with van der Waals surface area (Å²) in [5.41, 5.74) is 0.109. The molecule has 0 saturated heterocycles. The number of halogens is 2. The van der Waals surface area contributed by atoms with Crippen molar-refractivity contribution in [3.05, 3.63) is 33.8 Å². The maximum absolute atomic E-state index is 13.4. The van der Waals surface area contributed by atoms with Crippen LogP contribution < -0.4 is 0 Å². The average Bonchev–Trinajstić information content (AvgIpc) is 2.47. The molecule has 0 amide bonds. The van der Waals surface area contributed by atoms with Crippen LogP contribution in [-0.2, 0) is 0 Å². The van der Waals surface area contributed by atoms with E-state index in [2.05, 4.69) is 0 Å². The molecule has 1 heterocycles. The standard InChI is InChI=1S/C9H5FINO2/c10-7-4-6(11)3-5-1-2-12(8(5)7)9(13)14/h1-4H,(H,13,14). The third-order valence-corrected chi connectivity index (χ3v) is 2.53. The molecule has 14 heavy (non-hydrogen) atoms. The summed E-state index contributed by atoms with van der Waals surface area (Å²) in [4.78, 5) is 10.7. The fourth-order valence-corrected chi connectivity index (χ4v) is 1.96. The Hall–Kier alpha value is -1.11. The Morgan fingerprint density at radius 3 is 2.86 bits per heavy atom. The van der Waals surface area contributed by atoms with Crippen LogP contribution in [0, 0.1) is 9.39 Å². The molecule has 1 N–H and O–H groups in total. The van der Waals surface area contributed by atoms with Crippen LogP contribution in [0.2, 0.25) is 0 Å². The van der Waals surface area contributed by atoms with Crippen LogP contribution in [0.15, 0.2) is 24.4 Å². The molecule has 1 aromatic carbocycles. The first-order chi connectivity index (χ1) is 6.59. The third kappa shape index (κ3) is 1.37. The molecule has 0 radical (unpaired) electrons. The Kier molecular flexibility index (Phi) is 2.18. The van der Waals surface area contributed by atoms with Crippen LogP contribution >= 0.6 is 22.6 Å². The molecule has 0 aliphatic heterocycles. The van der Waals surface area contributed by atoms with E-state index in [1.807, 2.05) is 22.6 Å². The summed E-state index contributed by atoms with van der Waals surface area (Å²) in [5, 5.41) is 9.35. The van der Waals surface area contributed by atoms with E-state index in [1.165, 1.54) is 12.3 Å². The number of carbonyl (C=O) groups is 1. The van der Waals surface area contributed by atoms with Gasteiger partial charge in [0.25, 0.3) is 0 Å². The summed E-state index contributed by atoms with van der Waals surface area (Å²) in [7, 11) is 0. The molecular weight excluding hydrogens is 300 g/mol. The summed E-state index contributed by atoms with van der Waals surface area (Å²) in [5.74, 6) is -0.515. The second-order valence-corrected chi connectivity index (χ2v) is 4.04. The Bertz CT molecular complexity index is 521. The van der Waals surface area contributed by atoms with Gasteiger partial charge in [-0.1, -0.05) is 0 Å². The molecule has 0 fully saturated rings. The van der Waals surface area contributed by atoms with Gasteiger partial charge in [0, 0.05) is 15.2 Å². The van der Waals surface area contributed by atoms with E-state index in [-0.39, 0.29) is 5.52 Å². The molecule has 0 atom stereocenters. The van der Waals surface area contributed by atoms with E-state index in [1.54, 1.807) is 12.1 Å². The number of hydrogen-bond acceptors (Lipinski definition) is 1.